The van der Waals surface area contributed by atoms with Gasteiger partial charge in [0, 0.05) is 6.54 Å². The molecule has 0 bridgehead atoms. The SMILES string of the molecule is OCC(NCc1ccccc1)c1ccc(OC(F)F)cc1. The lowest BCUT2D eigenvalue weighted by Gasteiger charge is -2.17. The highest BCUT2D eigenvalue weighted by Gasteiger charge is 2.11. The molecule has 112 valence electrons. The number of hydrogen-bond acceptors (Lipinski definition) is 3. The summed E-state index contributed by atoms with van der Waals surface area (Å²) in [7, 11) is 0. The lowest BCUT2D eigenvalue weighted by Crippen LogP contribution is -2.23. The van der Waals surface area contributed by atoms with Crippen LogP contribution in [0.25, 0.3) is 0 Å². The fraction of sp³-hybridized carbons (Fsp3) is 0.250. The Morgan fingerprint density at radius 1 is 1.00 bits per heavy atom. The molecule has 21 heavy (non-hydrogen) atoms. The van der Waals surface area contributed by atoms with Crippen LogP contribution in [0.1, 0.15) is 17.2 Å². The van der Waals surface area contributed by atoms with E-state index in [0.717, 1.165) is 11.1 Å². The number of ether oxygens (including phenoxy) is 1. The molecule has 1 unspecified atom stereocenters. The van der Waals surface area contributed by atoms with Gasteiger partial charge in [-0.05, 0) is 23.3 Å². The standard InChI is InChI=1S/C16H17F2NO2/c17-16(18)21-14-8-6-13(7-9-14)15(11-20)19-10-12-4-2-1-3-5-12/h1-9,15-16,19-20H,10-11H2. The average molecular weight is 293 g/mol. The Bertz CT molecular complexity index is 532. The Hall–Kier alpha value is -1.98. The summed E-state index contributed by atoms with van der Waals surface area (Å²) in [6.07, 6.45) is 0. The van der Waals surface area contributed by atoms with Crippen molar-refractivity contribution in [3.8, 4) is 5.75 Å². The van der Waals surface area contributed by atoms with Gasteiger partial charge in [-0.1, -0.05) is 42.5 Å². The molecule has 2 aromatic carbocycles. The van der Waals surface area contributed by atoms with E-state index in [9.17, 15) is 13.9 Å². The fourth-order valence-corrected chi connectivity index (χ4v) is 2.01. The van der Waals surface area contributed by atoms with Gasteiger partial charge < -0.3 is 15.2 Å². The van der Waals surface area contributed by atoms with Crippen LogP contribution in [-0.2, 0) is 6.54 Å². The largest absolute Gasteiger partial charge is 0.435 e. The van der Waals surface area contributed by atoms with Crippen molar-refractivity contribution in [2.24, 2.45) is 0 Å². The van der Waals surface area contributed by atoms with Gasteiger partial charge in [-0.15, -0.1) is 0 Å². The summed E-state index contributed by atoms with van der Waals surface area (Å²) in [4.78, 5) is 0. The van der Waals surface area contributed by atoms with E-state index in [1.807, 2.05) is 30.3 Å². The molecule has 0 aliphatic carbocycles. The highest BCUT2D eigenvalue weighted by molar-refractivity contribution is 5.29. The molecule has 2 N–H and O–H groups in total. The number of nitrogens with one attached hydrogen (secondary N) is 1. The second-order valence-electron chi connectivity index (χ2n) is 4.55. The highest BCUT2D eigenvalue weighted by atomic mass is 19.3. The van der Waals surface area contributed by atoms with Gasteiger partial charge in [-0.25, -0.2) is 0 Å². The van der Waals surface area contributed by atoms with Gasteiger partial charge in [0.2, 0.25) is 0 Å². The second kappa shape index (κ2) is 7.71. The van der Waals surface area contributed by atoms with Crippen molar-refractivity contribution in [3.63, 3.8) is 0 Å². The summed E-state index contributed by atoms with van der Waals surface area (Å²) in [5.41, 5.74) is 1.92. The molecule has 0 saturated heterocycles. The van der Waals surface area contributed by atoms with E-state index in [1.54, 1.807) is 12.1 Å². The first-order chi connectivity index (χ1) is 10.2. The van der Waals surface area contributed by atoms with Crippen LogP contribution in [-0.4, -0.2) is 18.3 Å². The molecule has 0 amide bonds. The fourth-order valence-electron chi connectivity index (χ4n) is 2.01. The van der Waals surface area contributed by atoms with Crippen molar-refractivity contribution in [2.45, 2.75) is 19.2 Å². The smallest absolute Gasteiger partial charge is 0.387 e. The molecule has 0 aliphatic rings. The molecule has 2 aromatic rings. The van der Waals surface area contributed by atoms with Crippen LogP contribution in [0, 0.1) is 0 Å². The Labute approximate surface area is 122 Å². The highest BCUT2D eigenvalue weighted by Crippen LogP contribution is 2.19. The van der Waals surface area contributed by atoms with Crippen LogP contribution in [0.15, 0.2) is 54.6 Å². The van der Waals surface area contributed by atoms with Gasteiger partial charge in [0.15, 0.2) is 0 Å². The first-order valence-electron chi connectivity index (χ1n) is 6.62. The first-order valence-corrected chi connectivity index (χ1v) is 6.62. The number of rotatable bonds is 7. The van der Waals surface area contributed by atoms with E-state index in [0.29, 0.717) is 6.54 Å². The molecule has 1 atom stereocenters. The van der Waals surface area contributed by atoms with E-state index >= 15 is 0 Å². The quantitative estimate of drug-likeness (QED) is 0.824. The monoisotopic (exact) mass is 293 g/mol. The van der Waals surface area contributed by atoms with E-state index in [4.69, 9.17) is 0 Å². The summed E-state index contributed by atoms with van der Waals surface area (Å²) in [5.74, 6) is 0.105. The van der Waals surface area contributed by atoms with Crippen LogP contribution >= 0.6 is 0 Å². The van der Waals surface area contributed by atoms with E-state index in [1.165, 1.54) is 12.1 Å². The number of halogens is 2. The number of aliphatic hydroxyl groups excluding tert-OH is 1. The van der Waals surface area contributed by atoms with E-state index in [-0.39, 0.29) is 18.4 Å². The minimum Gasteiger partial charge on any atom is -0.435 e. The summed E-state index contributed by atoms with van der Waals surface area (Å²) in [6, 6.07) is 15.8. The number of hydrogen-bond donors (Lipinski definition) is 2. The van der Waals surface area contributed by atoms with Crippen LogP contribution in [0.2, 0.25) is 0 Å². The van der Waals surface area contributed by atoms with Gasteiger partial charge in [-0.2, -0.15) is 8.78 Å². The van der Waals surface area contributed by atoms with Crippen molar-refractivity contribution in [1.82, 2.24) is 5.32 Å². The summed E-state index contributed by atoms with van der Waals surface area (Å²) >= 11 is 0. The molecule has 5 heteroatoms. The molecule has 0 aliphatic heterocycles. The third kappa shape index (κ3) is 4.81. The zero-order chi connectivity index (χ0) is 15.1. The summed E-state index contributed by atoms with van der Waals surface area (Å²) in [6.45, 7) is -2.30. The maximum absolute atomic E-state index is 12.1. The second-order valence-corrected chi connectivity index (χ2v) is 4.55. The summed E-state index contributed by atoms with van der Waals surface area (Å²) < 4.78 is 28.5. The van der Waals surface area contributed by atoms with E-state index < -0.39 is 6.61 Å². The molecule has 3 nitrogen and oxygen atoms in total. The maximum Gasteiger partial charge on any atom is 0.387 e. The first kappa shape index (κ1) is 15.4. The molecule has 0 fully saturated rings. The van der Waals surface area contributed by atoms with Crippen molar-refractivity contribution < 1.29 is 18.6 Å². The average Bonchev–Trinajstić information content (AvgIpc) is 2.50. The predicted octanol–water partition coefficient (Wildman–Crippen LogP) is 3.11. The van der Waals surface area contributed by atoms with Crippen LogP contribution in [0.4, 0.5) is 8.78 Å². The van der Waals surface area contributed by atoms with Crippen molar-refractivity contribution >= 4 is 0 Å². The van der Waals surface area contributed by atoms with Gasteiger partial charge in [0.25, 0.3) is 0 Å². The third-order valence-electron chi connectivity index (χ3n) is 3.09. The molecule has 0 spiro atoms. The molecule has 0 heterocycles. The third-order valence-corrected chi connectivity index (χ3v) is 3.09. The summed E-state index contributed by atoms with van der Waals surface area (Å²) in [5, 5.41) is 12.7. The molecular weight excluding hydrogens is 276 g/mol. The Morgan fingerprint density at radius 2 is 1.67 bits per heavy atom. The Balaban J connectivity index is 1.97. The van der Waals surface area contributed by atoms with Crippen LogP contribution in [0.3, 0.4) is 0 Å². The number of benzene rings is 2. The Kier molecular flexibility index (Phi) is 5.66. The van der Waals surface area contributed by atoms with Gasteiger partial charge in [-0.3, -0.25) is 0 Å². The van der Waals surface area contributed by atoms with Gasteiger partial charge >= 0.3 is 6.61 Å². The predicted molar refractivity (Wildman–Crippen MR) is 76.2 cm³/mol. The lowest BCUT2D eigenvalue weighted by molar-refractivity contribution is -0.0498. The topological polar surface area (TPSA) is 41.5 Å². The number of aliphatic hydroxyl groups is 1. The van der Waals surface area contributed by atoms with Crippen LogP contribution < -0.4 is 10.1 Å². The van der Waals surface area contributed by atoms with Crippen LogP contribution in [0.5, 0.6) is 5.75 Å². The number of alkyl halides is 2. The zero-order valence-corrected chi connectivity index (χ0v) is 11.4. The van der Waals surface area contributed by atoms with Gasteiger partial charge in [0.05, 0.1) is 12.6 Å². The van der Waals surface area contributed by atoms with Crippen molar-refractivity contribution in [3.05, 3.63) is 65.7 Å². The molecule has 2 rings (SSSR count). The minimum atomic E-state index is -2.83. The van der Waals surface area contributed by atoms with E-state index in [2.05, 4.69) is 10.1 Å². The maximum atomic E-state index is 12.1. The molecule has 0 radical (unpaired) electrons. The molecule has 0 saturated carbocycles. The van der Waals surface area contributed by atoms with Gasteiger partial charge in [0.1, 0.15) is 5.75 Å². The molecule has 0 aromatic heterocycles. The Morgan fingerprint density at radius 3 is 2.24 bits per heavy atom. The molecular formula is C16H17F2NO2. The lowest BCUT2D eigenvalue weighted by atomic mass is 10.1. The normalized spacial score (nSPS) is 12.4. The van der Waals surface area contributed by atoms with Crippen molar-refractivity contribution in [1.29, 1.82) is 0 Å². The van der Waals surface area contributed by atoms with Crippen molar-refractivity contribution in [2.75, 3.05) is 6.61 Å². The minimum absolute atomic E-state index is 0.0815. The zero-order valence-electron chi connectivity index (χ0n) is 11.4.